The Labute approximate surface area is 154 Å². The fourth-order valence-electron chi connectivity index (χ4n) is 2.96. The molecule has 0 radical (unpaired) electrons. The number of carboxylic acids is 1. The molecule has 2 unspecified atom stereocenters. The van der Waals surface area contributed by atoms with Crippen LogP contribution in [0.4, 0.5) is 4.79 Å². The summed E-state index contributed by atoms with van der Waals surface area (Å²) < 4.78 is 5.41. The van der Waals surface area contributed by atoms with Gasteiger partial charge >= 0.3 is 12.1 Å². The van der Waals surface area contributed by atoms with Crippen molar-refractivity contribution in [1.29, 1.82) is 0 Å². The zero-order valence-electron chi connectivity index (χ0n) is 15.1. The molecule has 2 atom stereocenters. The second-order valence-electron chi connectivity index (χ2n) is 6.89. The lowest BCUT2D eigenvalue weighted by molar-refractivity contribution is -0.124. The quantitative estimate of drug-likeness (QED) is 0.714. The maximum absolute atomic E-state index is 12.3. The Kier molecular flexibility index (Phi) is 4.60. The van der Waals surface area contributed by atoms with Gasteiger partial charge in [-0.15, -0.1) is 0 Å². The lowest BCUT2D eigenvalue weighted by Crippen LogP contribution is -2.41. The Morgan fingerprint density at radius 3 is 2.67 bits per heavy atom. The molecule has 3 heterocycles. The zero-order chi connectivity index (χ0) is 19.9. The van der Waals surface area contributed by atoms with E-state index >= 15 is 0 Å². The number of hydrogen-bond acceptors (Lipinski definition) is 6. The lowest BCUT2D eigenvalue weighted by atomic mass is 9.89. The number of pyridine rings is 1. The number of nitrogens with one attached hydrogen (secondary N) is 1. The first-order chi connectivity index (χ1) is 12.6. The van der Waals surface area contributed by atoms with Gasteiger partial charge in [0.2, 0.25) is 0 Å². The van der Waals surface area contributed by atoms with E-state index in [1.807, 2.05) is 13.8 Å². The van der Waals surface area contributed by atoms with E-state index in [0.717, 1.165) is 4.90 Å². The number of ether oxygens (including phenoxy) is 1. The van der Waals surface area contributed by atoms with Gasteiger partial charge in [0.05, 0.1) is 18.7 Å². The Hall–Kier alpha value is -3.01. The van der Waals surface area contributed by atoms with Gasteiger partial charge in [-0.05, 0) is 18.9 Å². The molecule has 2 aliphatic heterocycles. The average Bonchev–Trinajstić information content (AvgIpc) is 3.20. The molecule has 0 aromatic carbocycles. The summed E-state index contributed by atoms with van der Waals surface area (Å²) in [6.07, 6.45) is -0.755. The Morgan fingerprint density at radius 2 is 2.11 bits per heavy atom. The van der Waals surface area contributed by atoms with Crippen LogP contribution in [0.1, 0.15) is 48.6 Å². The number of aromatic nitrogens is 1. The van der Waals surface area contributed by atoms with Crippen LogP contribution in [-0.2, 0) is 9.53 Å². The molecule has 1 saturated heterocycles. The Bertz CT molecular complexity index is 852. The lowest BCUT2D eigenvalue weighted by Gasteiger charge is -2.21. The number of carbonyl (C=O) groups excluding carboxylic acids is 1. The summed E-state index contributed by atoms with van der Waals surface area (Å²) in [5.41, 5.74) is -0.892. The highest BCUT2D eigenvalue weighted by Crippen LogP contribution is 2.30. The molecule has 2 aliphatic rings. The monoisotopic (exact) mass is 376 g/mol. The molecule has 1 fully saturated rings. The van der Waals surface area contributed by atoms with E-state index in [-0.39, 0.29) is 42.1 Å². The smallest absolute Gasteiger partial charge is 0.409 e. The number of nitrogens with zero attached hydrogens (tertiary/aromatic N) is 3. The van der Waals surface area contributed by atoms with Crippen molar-refractivity contribution < 1.29 is 29.3 Å². The highest BCUT2D eigenvalue weighted by Gasteiger charge is 2.43. The normalized spacial score (nSPS) is 24.9. The van der Waals surface area contributed by atoms with Crippen molar-refractivity contribution in [2.24, 2.45) is 10.9 Å². The third-order valence-corrected chi connectivity index (χ3v) is 4.95. The van der Waals surface area contributed by atoms with Crippen molar-refractivity contribution in [3.8, 4) is 0 Å². The zero-order valence-corrected chi connectivity index (χ0v) is 15.1. The molecule has 0 aliphatic carbocycles. The van der Waals surface area contributed by atoms with Crippen LogP contribution in [0.2, 0.25) is 0 Å². The predicted octanol–water partition coefficient (Wildman–Crippen LogP) is 1.08. The van der Waals surface area contributed by atoms with Crippen LogP contribution >= 0.6 is 0 Å². The number of carbonyl (C=O) groups is 3. The van der Waals surface area contributed by atoms with Gasteiger partial charge in [0, 0.05) is 11.8 Å². The van der Waals surface area contributed by atoms with Gasteiger partial charge in [-0.2, -0.15) is 0 Å². The molecular formula is C17H20N4O6. The topological polar surface area (TPSA) is 141 Å². The predicted molar refractivity (Wildman–Crippen MR) is 92.5 cm³/mol. The molecule has 10 heteroatoms. The largest absolute Gasteiger partial charge is 0.478 e. The summed E-state index contributed by atoms with van der Waals surface area (Å²) in [4.78, 5) is 45.0. The van der Waals surface area contributed by atoms with Crippen molar-refractivity contribution in [2.45, 2.75) is 32.5 Å². The van der Waals surface area contributed by atoms with Gasteiger partial charge in [-0.3, -0.25) is 14.7 Å². The average molecular weight is 376 g/mol. The third-order valence-electron chi connectivity index (χ3n) is 4.95. The summed E-state index contributed by atoms with van der Waals surface area (Å²) in [7, 11) is 0. The summed E-state index contributed by atoms with van der Waals surface area (Å²) >= 11 is 0. The first kappa shape index (κ1) is 18.8. The number of amides is 2. The van der Waals surface area contributed by atoms with Crippen LogP contribution < -0.4 is 5.32 Å². The first-order valence-electron chi connectivity index (χ1n) is 8.41. The second-order valence-corrected chi connectivity index (χ2v) is 6.89. The molecule has 0 bridgehead atoms. The molecule has 27 heavy (non-hydrogen) atoms. The van der Waals surface area contributed by atoms with Crippen LogP contribution in [0, 0.1) is 5.92 Å². The van der Waals surface area contributed by atoms with E-state index in [9.17, 15) is 24.6 Å². The van der Waals surface area contributed by atoms with Crippen LogP contribution in [0.15, 0.2) is 17.3 Å². The van der Waals surface area contributed by atoms with Gasteiger partial charge in [0.25, 0.3) is 5.91 Å². The van der Waals surface area contributed by atoms with Crippen molar-refractivity contribution >= 4 is 23.8 Å². The van der Waals surface area contributed by atoms with Gasteiger partial charge in [-0.1, -0.05) is 13.8 Å². The Balaban J connectivity index is 2.03. The van der Waals surface area contributed by atoms with Gasteiger partial charge in [-0.25, -0.2) is 14.6 Å². The third kappa shape index (κ3) is 3.12. The summed E-state index contributed by atoms with van der Waals surface area (Å²) in [5.74, 6) is -1.61. The van der Waals surface area contributed by atoms with Crippen LogP contribution in [-0.4, -0.2) is 62.6 Å². The van der Waals surface area contributed by atoms with Crippen LogP contribution in [0.25, 0.3) is 0 Å². The number of aliphatic imine (C=N–C) groups is 1. The maximum atomic E-state index is 12.3. The standard InChI is InChI=1S/C17H20N4O6/c1-8(2)17(3)15(24)19-12(20-17)11-10(14(22)23)6-9(7-18-11)13-21(16(25)26)4-5-27-13/h6-8,13H,4-5H2,1-3H3,(H,22,23)(H,25,26)(H,19,20,24). The fourth-order valence-corrected chi connectivity index (χ4v) is 2.96. The highest BCUT2D eigenvalue weighted by atomic mass is 16.5. The van der Waals surface area contributed by atoms with Gasteiger partial charge < -0.3 is 20.3 Å². The van der Waals surface area contributed by atoms with Crippen molar-refractivity contribution in [3.63, 3.8) is 0 Å². The SMILES string of the molecule is CC(C)C1(C)N=C(c2ncc(C3OCCN3C(=O)O)cc2C(=O)O)NC1=O. The summed E-state index contributed by atoms with van der Waals surface area (Å²) in [6, 6.07) is 1.30. The number of carboxylic acid groups (broad SMARTS) is 2. The molecule has 2 amide bonds. The molecular weight excluding hydrogens is 356 g/mol. The molecule has 10 nitrogen and oxygen atoms in total. The number of rotatable bonds is 4. The molecule has 1 aromatic heterocycles. The molecule has 0 saturated carbocycles. The van der Waals surface area contributed by atoms with Gasteiger partial charge in [0.15, 0.2) is 12.1 Å². The van der Waals surface area contributed by atoms with Crippen molar-refractivity contribution in [2.75, 3.05) is 13.2 Å². The fraction of sp³-hybridized carbons (Fsp3) is 0.471. The minimum absolute atomic E-state index is 0.0175. The summed E-state index contributed by atoms with van der Waals surface area (Å²) in [6.45, 7) is 5.75. The number of aromatic carboxylic acids is 1. The molecule has 3 N–H and O–H groups in total. The van der Waals surface area contributed by atoms with Crippen LogP contribution in [0.5, 0.6) is 0 Å². The van der Waals surface area contributed by atoms with Gasteiger partial charge in [0.1, 0.15) is 11.2 Å². The molecule has 144 valence electrons. The maximum Gasteiger partial charge on any atom is 0.409 e. The molecule has 1 aromatic rings. The second kappa shape index (κ2) is 6.62. The van der Waals surface area contributed by atoms with Crippen molar-refractivity contribution in [3.05, 3.63) is 29.1 Å². The minimum Gasteiger partial charge on any atom is -0.478 e. The first-order valence-corrected chi connectivity index (χ1v) is 8.41. The molecule has 0 spiro atoms. The summed E-state index contributed by atoms with van der Waals surface area (Å²) in [5, 5.41) is 21.4. The Morgan fingerprint density at radius 1 is 1.41 bits per heavy atom. The van der Waals surface area contributed by atoms with E-state index < -0.39 is 23.8 Å². The molecule has 3 rings (SSSR count). The van der Waals surface area contributed by atoms with E-state index in [4.69, 9.17) is 4.74 Å². The van der Waals surface area contributed by atoms with E-state index in [2.05, 4.69) is 15.3 Å². The van der Waals surface area contributed by atoms with E-state index in [1.54, 1.807) is 6.92 Å². The van der Waals surface area contributed by atoms with Crippen molar-refractivity contribution in [1.82, 2.24) is 15.2 Å². The highest BCUT2D eigenvalue weighted by molar-refractivity contribution is 6.17. The van der Waals surface area contributed by atoms with E-state index in [1.165, 1.54) is 12.3 Å². The number of amidine groups is 1. The van der Waals surface area contributed by atoms with E-state index in [0.29, 0.717) is 5.56 Å². The van der Waals surface area contributed by atoms with Crippen LogP contribution in [0.3, 0.4) is 0 Å². The minimum atomic E-state index is -1.27. The number of hydrogen-bond donors (Lipinski definition) is 3.